The molecule has 6 heteroatoms. The van der Waals surface area contributed by atoms with E-state index in [-0.39, 0.29) is 5.69 Å². The molecule has 1 N–H and O–H groups in total. The van der Waals surface area contributed by atoms with E-state index in [0.29, 0.717) is 5.92 Å². The van der Waals surface area contributed by atoms with Crippen molar-refractivity contribution in [3.05, 3.63) is 47.9 Å². The summed E-state index contributed by atoms with van der Waals surface area (Å²) in [7, 11) is 1.68. The van der Waals surface area contributed by atoms with E-state index in [0.717, 1.165) is 37.5 Å². The lowest BCUT2D eigenvalue weighted by atomic mass is 9.89. The van der Waals surface area contributed by atoms with Gasteiger partial charge in [0.15, 0.2) is 5.69 Å². The first kappa shape index (κ1) is 15.3. The highest BCUT2D eigenvalue weighted by Crippen LogP contribution is 2.31. The van der Waals surface area contributed by atoms with Gasteiger partial charge in [-0.15, -0.1) is 0 Å². The van der Waals surface area contributed by atoms with Gasteiger partial charge >= 0.3 is 5.97 Å². The number of hydrogen-bond donors (Lipinski definition) is 1. The normalized spacial score (nSPS) is 15.4. The molecule has 0 unspecified atom stereocenters. The number of aromatic nitrogens is 2. The molecular formula is C17H19N3O3. The molecule has 6 nitrogen and oxygen atoms in total. The van der Waals surface area contributed by atoms with Crippen molar-refractivity contribution in [3.8, 4) is 5.75 Å². The second kappa shape index (κ2) is 6.64. The summed E-state index contributed by atoms with van der Waals surface area (Å²) < 4.78 is 5.29. The van der Waals surface area contributed by atoms with Crippen molar-refractivity contribution in [1.82, 2.24) is 9.97 Å². The van der Waals surface area contributed by atoms with Gasteiger partial charge in [0.05, 0.1) is 19.5 Å². The van der Waals surface area contributed by atoms with Crippen LogP contribution in [0.15, 0.2) is 36.7 Å². The van der Waals surface area contributed by atoms with Gasteiger partial charge in [0.2, 0.25) is 0 Å². The van der Waals surface area contributed by atoms with Crippen LogP contribution in [0.1, 0.15) is 34.8 Å². The molecule has 120 valence electrons. The summed E-state index contributed by atoms with van der Waals surface area (Å²) >= 11 is 0. The number of nitrogens with zero attached hydrogens (tertiary/aromatic N) is 3. The highest BCUT2D eigenvalue weighted by molar-refractivity contribution is 5.84. The van der Waals surface area contributed by atoms with Gasteiger partial charge < -0.3 is 14.7 Å². The van der Waals surface area contributed by atoms with Crippen molar-refractivity contribution in [3.63, 3.8) is 0 Å². The molecular weight excluding hydrogens is 294 g/mol. The minimum Gasteiger partial charge on any atom is -0.497 e. The smallest absolute Gasteiger partial charge is 0.356 e. The Morgan fingerprint density at radius 3 is 2.65 bits per heavy atom. The number of carboxylic acid groups (broad SMARTS) is 1. The largest absolute Gasteiger partial charge is 0.497 e. The van der Waals surface area contributed by atoms with Crippen molar-refractivity contribution in [2.45, 2.75) is 18.8 Å². The van der Waals surface area contributed by atoms with Crippen LogP contribution in [0.25, 0.3) is 0 Å². The van der Waals surface area contributed by atoms with Crippen LogP contribution in [0.3, 0.4) is 0 Å². The van der Waals surface area contributed by atoms with Crippen molar-refractivity contribution in [1.29, 1.82) is 0 Å². The molecule has 1 aliphatic rings. The number of piperidine rings is 1. The molecule has 0 amide bonds. The predicted molar refractivity (Wildman–Crippen MR) is 86.2 cm³/mol. The first-order chi connectivity index (χ1) is 11.2. The second-order valence-corrected chi connectivity index (χ2v) is 5.60. The first-order valence-electron chi connectivity index (χ1n) is 7.61. The molecule has 0 radical (unpaired) electrons. The van der Waals surface area contributed by atoms with E-state index < -0.39 is 5.97 Å². The Labute approximate surface area is 134 Å². The number of hydrogen-bond acceptors (Lipinski definition) is 5. The highest BCUT2D eigenvalue weighted by atomic mass is 16.5. The number of aromatic carboxylic acids is 1. The third-order valence-electron chi connectivity index (χ3n) is 4.24. The third-order valence-corrected chi connectivity index (χ3v) is 4.24. The van der Waals surface area contributed by atoms with Crippen LogP contribution in [0.5, 0.6) is 5.75 Å². The topological polar surface area (TPSA) is 75.5 Å². The van der Waals surface area contributed by atoms with Crippen molar-refractivity contribution >= 4 is 11.8 Å². The number of benzene rings is 1. The van der Waals surface area contributed by atoms with Gasteiger partial charge in [0.25, 0.3) is 0 Å². The molecule has 1 aromatic carbocycles. The molecule has 2 heterocycles. The zero-order valence-corrected chi connectivity index (χ0v) is 13.0. The zero-order valence-electron chi connectivity index (χ0n) is 13.0. The van der Waals surface area contributed by atoms with Crippen molar-refractivity contribution in [2.24, 2.45) is 0 Å². The molecule has 0 bridgehead atoms. The third kappa shape index (κ3) is 3.41. The Hall–Kier alpha value is -2.63. The quantitative estimate of drug-likeness (QED) is 0.935. The number of ether oxygens (including phenoxy) is 1. The molecule has 23 heavy (non-hydrogen) atoms. The minimum atomic E-state index is -1.05. The van der Waals surface area contributed by atoms with Gasteiger partial charge in [-0.1, -0.05) is 12.1 Å². The number of carbonyl (C=O) groups is 1. The molecule has 1 fully saturated rings. The highest BCUT2D eigenvalue weighted by Gasteiger charge is 2.22. The molecule has 1 aromatic heterocycles. The summed E-state index contributed by atoms with van der Waals surface area (Å²) in [5, 5.41) is 8.86. The van der Waals surface area contributed by atoms with Crippen LogP contribution >= 0.6 is 0 Å². The summed E-state index contributed by atoms with van der Waals surface area (Å²) in [5.41, 5.74) is 1.27. The molecule has 0 aliphatic carbocycles. The molecule has 0 spiro atoms. The molecule has 1 saturated heterocycles. The van der Waals surface area contributed by atoms with E-state index in [1.165, 1.54) is 18.0 Å². The summed E-state index contributed by atoms with van der Waals surface area (Å²) in [6, 6.07) is 8.22. The lowest BCUT2D eigenvalue weighted by molar-refractivity contribution is 0.0690. The van der Waals surface area contributed by atoms with Crippen LogP contribution in [-0.4, -0.2) is 41.2 Å². The lowest BCUT2D eigenvalue weighted by Gasteiger charge is -2.32. The summed E-state index contributed by atoms with van der Waals surface area (Å²) in [6.07, 6.45) is 4.90. The monoisotopic (exact) mass is 313 g/mol. The van der Waals surface area contributed by atoms with Crippen molar-refractivity contribution in [2.75, 3.05) is 25.1 Å². The van der Waals surface area contributed by atoms with Gasteiger partial charge in [-0.05, 0) is 36.5 Å². The predicted octanol–water partition coefficient (Wildman–Crippen LogP) is 2.57. The minimum absolute atomic E-state index is 0.0278. The summed E-state index contributed by atoms with van der Waals surface area (Å²) in [5.74, 6) is 1.08. The van der Waals surface area contributed by atoms with Crippen LogP contribution in [0.2, 0.25) is 0 Å². The fourth-order valence-corrected chi connectivity index (χ4v) is 2.93. The molecule has 0 saturated carbocycles. The maximum atomic E-state index is 10.8. The number of methoxy groups -OCH3 is 1. The zero-order chi connectivity index (χ0) is 16.2. The molecule has 3 rings (SSSR count). The Morgan fingerprint density at radius 2 is 2.04 bits per heavy atom. The van der Waals surface area contributed by atoms with Crippen LogP contribution in [-0.2, 0) is 0 Å². The van der Waals surface area contributed by atoms with E-state index in [4.69, 9.17) is 9.84 Å². The van der Waals surface area contributed by atoms with E-state index in [1.54, 1.807) is 7.11 Å². The average molecular weight is 313 g/mol. The van der Waals surface area contributed by atoms with Crippen molar-refractivity contribution < 1.29 is 14.6 Å². The standard InChI is InChI=1S/C17H19N3O3/c1-23-14-4-2-3-13(9-14)12-5-7-20(8-6-12)16-11-18-15(10-19-16)17(21)22/h2-4,9-12H,5-8H2,1H3,(H,21,22). The number of anilines is 1. The number of carboxylic acids is 1. The fraction of sp³-hybridized carbons (Fsp3) is 0.353. The Bertz CT molecular complexity index is 680. The van der Waals surface area contributed by atoms with E-state index >= 15 is 0 Å². The molecule has 2 aromatic rings. The Balaban J connectivity index is 1.64. The van der Waals surface area contributed by atoms with Crippen LogP contribution in [0.4, 0.5) is 5.82 Å². The molecule has 0 atom stereocenters. The maximum Gasteiger partial charge on any atom is 0.356 e. The Kier molecular flexibility index (Phi) is 4.41. The van der Waals surface area contributed by atoms with E-state index in [2.05, 4.69) is 27.0 Å². The van der Waals surface area contributed by atoms with Gasteiger partial charge in [-0.3, -0.25) is 0 Å². The van der Waals surface area contributed by atoms with E-state index in [9.17, 15) is 4.79 Å². The SMILES string of the molecule is COc1cccc(C2CCN(c3cnc(C(=O)O)cn3)CC2)c1. The summed E-state index contributed by atoms with van der Waals surface area (Å²) in [6.45, 7) is 1.76. The van der Waals surface area contributed by atoms with Gasteiger partial charge in [0.1, 0.15) is 11.6 Å². The van der Waals surface area contributed by atoms with E-state index in [1.807, 2.05) is 12.1 Å². The van der Waals surface area contributed by atoms with Crippen LogP contribution < -0.4 is 9.64 Å². The first-order valence-corrected chi connectivity index (χ1v) is 7.61. The number of rotatable bonds is 4. The Morgan fingerprint density at radius 1 is 1.26 bits per heavy atom. The van der Waals surface area contributed by atoms with Gasteiger partial charge in [0, 0.05) is 13.1 Å². The maximum absolute atomic E-state index is 10.8. The van der Waals surface area contributed by atoms with Crippen LogP contribution in [0, 0.1) is 0 Å². The fourth-order valence-electron chi connectivity index (χ4n) is 2.93. The lowest BCUT2D eigenvalue weighted by Crippen LogP contribution is -2.33. The average Bonchev–Trinajstić information content (AvgIpc) is 2.62. The molecule has 1 aliphatic heterocycles. The van der Waals surface area contributed by atoms with Gasteiger partial charge in [-0.2, -0.15) is 0 Å². The summed E-state index contributed by atoms with van der Waals surface area (Å²) in [4.78, 5) is 21.1. The second-order valence-electron chi connectivity index (χ2n) is 5.60. The van der Waals surface area contributed by atoms with Gasteiger partial charge in [-0.25, -0.2) is 14.8 Å².